The molecule has 0 aromatic rings. The van der Waals surface area contributed by atoms with Crippen LogP contribution in [-0.2, 0) is 4.79 Å². The molecule has 0 aromatic carbocycles. The fourth-order valence-electron chi connectivity index (χ4n) is 0.960. The van der Waals surface area contributed by atoms with Crippen LogP contribution in [0.15, 0.2) is 24.3 Å². The maximum absolute atomic E-state index is 11.0. The summed E-state index contributed by atoms with van der Waals surface area (Å²) in [5, 5.41) is 2.61. The molecule has 0 radical (unpaired) electrons. The van der Waals surface area contributed by atoms with E-state index in [4.69, 9.17) is 0 Å². The van der Waals surface area contributed by atoms with Crippen LogP contribution in [0.1, 0.15) is 6.42 Å². The molecular weight excluding hydrogens is 126 g/mol. The molecular formula is C8H11NO. The number of hydrogen-bond acceptors (Lipinski definition) is 1. The van der Waals surface area contributed by atoms with Crippen LogP contribution >= 0.6 is 0 Å². The predicted octanol–water partition coefficient (Wildman–Crippen LogP) is 0.865. The topological polar surface area (TPSA) is 29.1 Å². The van der Waals surface area contributed by atoms with Crippen molar-refractivity contribution >= 4 is 5.91 Å². The first-order chi connectivity index (χ1) is 4.84. The van der Waals surface area contributed by atoms with Crippen LogP contribution < -0.4 is 5.32 Å². The van der Waals surface area contributed by atoms with Crippen molar-refractivity contribution in [1.82, 2.24) is 5.32 Å². The first-order valence-electron chi connectivity index (χ1n) is 3.39. The van der Waals surface area contributed by atoms with Gasteiger partial charge in [0.25, 0.3) is 0 Å². The molecule has 2 nitrogen and oxygen atoms in total. The number of rotatable bonds is 1. The Balaban J connectivity index is 2.51. The van der Waals surface area contributed by atoms with Gasteiger partial charge in [0.15, 0.2) is 0 Å². The number of carbonyl (C=O) groups excluding carboxylic acids is 1. The zero-order valence-corrected chi connectivity index (χ0v) is 6.00. The lowest BCUT2D eigenvalue weighted by Gasteiger charge is -2.09. The second-order valence-corrected chi connectivity index (χ2v) is 2.27. The van der Waals surface area contributed by atoms with E-state index < -0.39 is 0 Å². The minimum absolute atomic E-state index is 0.0509. The molecule has 1 unspecified atom stereocenters. The van der Waals surface area contributed by atoms with Crippen LogP contribution in [0.25, 0.3) is 0 Å². The minimum atomic E-state index is 0.0509. The molecule has 1 aliphatic carbocycles. The van der Waals surface area contributed by atoms with Gasteiger partial charge in [-0.2, -0.15) is 0 Å². The molecule has 1 atom stereocenters. The largest absolute Gasteiger partial charge is 0.359 e. The monoisotopic (exact) mass is 137 g/mol. The number of carbonyl (C=O) groups is 1. The van der Waals surface area contributed by atoms with Crippen LogP contribution in [0, 0.1) is 5.92 Å². The van der Waals surface area contributed by atoms with Crippen molar-refractivity contribution in [3.05, 3.63) is 24.3 Å². The third kappa shape index (κ3) is 1.47. The molecule has 0 saturated heterocycles. The molecule has 1 aliphatic rings. The van der Waals surface area contributed by atoms with Crippen molar-refractivity contribution < 1.29 is 4.79 Å². The maximum atomic E-state index is 11.0. The van der Waals surface area contributed by atoms with Gasteiger partial charge in [-0.25, -0.2) is 0 Å². The Bertz CT molecular complexity index is 182. The minimum Gasteiger partial charge on any atom is -0.359 e. The van der Waals surface area contributed by atoms with Crippen molar-refractivity contribution in [3.63, 3.8) is 0 Å². The van der Waals surface area contributed by atoms with Crippen molar-refractivity contribution in [1.29, 1.82) is 0 Å². The highest BCUT2D eigenvalue weighted by atomic mass is 16.1. The van der Waals surface area contributed by atoms with E-state index >= 15 is 0 Å². The van der Waals surface area contributed by atoms with Crippen LogP contribution in [0.5, 0.6) is 0 Å². The first-order valence-corrected chi connectivity index (χ1v) is 3.39. The fourth-order valence-corrected chi connectivity index (χ4v) is 0.960. The molecule has 0 heterocycles. The van der Waals surface area contributed by atoms with E-state index in [0.29, 0.717) is 0 Å². The average molecular weight is 137 g/mol. The van der Waals surface area contributed by atoms with E-state index in [9.17, 15) is 4.79 Å². The number of hydrogen-bond donors (Lipinski definition) is 1. The molecule has 2 heteroatoms. The summed E-state index contributed by atoms with van der Waals surface area (Å²) in [7, 11) is 1.66. The molecule has 0 spiro atoms. The first kappa shape index (κ1) is 7.06. The zero-order valence-electron chi connectivity index (χ0n) is 6.00. The van der Waals surface area contributed by atoms with Crippen LogP contribution in [0.2, 0.25) is 0 Å². The molecule has 1 rings (SSSR count). The molecule has 0 aromatic heterocycles. The number of allylic oxidation sites excluding steroid dienone is 3. The number of amides is 1. The summed E-state index contributed by atoms with van der Waals surface area (Å²) in [4.78, 5) is 11.0. The van der Waals surface area contributed by atoms with E-state index in [1.807, 2.05) is 24.3 Å². The molecule has 1 amide bonds. The van der Waals surface area contributed by atoms with Gasteiger partial charge in [0.2, 0.25) is 5.91 Å². The van der Waals surface area contributed by atoms with E-state index in [-0.39, 0.29) is 11.8 Å². The summed E-state index contributed by atoms with van der Waals surface area (Å²) in [5.41, 5.74) is 0. The smallest absolute Gasteiger partial charge is 0.226 e. The van der Waals surface area contributed by atoms with Crippen LogP contribution in [-0.4, -0.2) is 13.0 Å². The van der Waals surface area contributed by atoms with Crippen LogP contribution in [0.3, 0.4) is 0 Å². The number of nitrogens with one attached hydrogen (secondary N) is 1. The highest BCUT2D eigenvalue weighted by Gasteiger charge is 2.12. The summed E-state index contributed by atoms with van der Waals surface area (Å²) in [6.07, 6.45) is 8.61. The van der Waals surface area contributed by atoms with E-state index in [2.05, 4.69) is 5.32 Å². The van der Waals surface area contributed by atoms with Gasteiger partial charge in [-0.05, 0) is 6.42 Å². The third-order valence-corrected chi connectivity index (χ3v) is 1.56. The Labute approximate surface area is 60.6 Å². The lowest BCUT2D eigenvalue weighted by molar-refractivity contribution is -0.123. The Kier molecular flexibility index (Phi) is 2.26. The molecule has 0 fully saturated rings. The van der Waals surface area contributed by atoms with Gasteiger partial charge >= 0.3 is 0 Å². The molecule has 0 aliphatic heterocycles. The molecule has 0 bridgehead atoms. The van der Waals surface area contributed by atoms with Gasteiger partial charge in [-0.1, -0.05) is 24.3 Å². The second kappa shape index (κ2) is 3.20. The molecule has 54 valence electrons. The average Bonchev–Trinajstić information content (AvgIpc) is 2.05. The summed E-state index contributed by atoms with van der Waals surface area (Å²) in [6.45, 7) is 0. The quantitative estimate of drug-likeness (QED) is 0.570. The highest BCUT2D eigenvalue weighted by Crippen LogP contribution is 2.10. The predicted molar refractivity (Wildman–Crippen MR) is 40.5 cm³/mol. The van der Waals surface area contributed by atoms with Gasteiger partial charge in [-0.3, -0.25) is 4.79 Å². The van der Waals surface area contributed by atoms with Crippen molar-refractivity contribution in [2.24, 2.45) is 5.92 Å². The van der Waals surface area contributed by atoms with Gasteiger partial charge in [0, 0.05) is 7.05 Å². The normalized spacial score (nSPS) is 22.7. The lowest BCUT2D eigenvalue weighted by atomic mass is 10.0. The summed E-state index contributed by atoms with van der Waals surface area (Å²) < 4.78 is 0. The Morgan fingerprint density at radius 1 is 1.60 bits per heavy atom. The summed E-state index contributed by atoms with van der Waals surface area (Å²) in [6, 6.07) is 0. The van der Waals surface area contributed by atoms with E-state index in [0.717, 1.165) is 6.42 Å². The summed E-state index contributed by atoms with van der Waals surface area (Å²) in [5.74, 6) is 0.149. The molecule has 1 N–H and O–H groups in total. The second-order valence-electron chi connectivity index (χ2n) is 2.27. The lowest BCUT2D eigenvalue weighted by Crippen LogP contribution is -2.26. The zero-order chi connectivity index (χ0) is 7.40. The van der Waals surface area contributed by atoms with Gasteiger partial charge in [0.1, 0.15) is 0 Å². The van der Waals surface area contributed by atoms with E-state index in [1.54, 1.807) is 7.05 Å². The van der Waals surface area contributed by atoms with Crippen LogP contribution in [0.4, 0.5) is 0 Å². The van der Waals surface area contributed by atoms with Crippen molar-refractivity contribution in [2.75, 3.05) is 7.05 Å². The Morgan fingerprint density at radius 2 is 2.40 bits per heavy atom. The highest BCUT2D eigenvalue weighted by molar-refractivity contribution is 5.80. The van der Waals surface area contributed by atoms with Gasteiger partial charge < -0.3 is 5.32 Å². The van der Waals surface area contributed by atoms with Gasteiger partial charge in [0.05, 0.1) is 5.92 Å². The van der Waals surface area contributed by atoms with E-state index in [1.165, 1.54) is 0 Å². The molecule has 0 saturated carbocycles. The summed E-state index contributed by atoms with van der Waals surface area (Å²) >= 11 is 0. The fraction of sp³-hybridized carbons (Fsp3) is 0.375. The Morgan fingerprint density at radius 3 is 2.90 bits per heavy atom. The standard InChI is InChI=1S/C8H11NO/c1-9-8(10)7-5-3-2-4-6-7/h2-5,7H,6H2,1H3,(H,9,10). The Hall–Kier alpha value is -1.05. The van der Waals surface area contributed by atoms with Crippen molar-refractivity contribution in [2.45, 2.75) is 6.42 Å². The molecule has 10 heavy (non-hydrogen) atoms. The van der Waals surface area contributed by atoms with Crippen molar-refractivity contribution in [3.8, 4) is 0 Å². The third-order valence-electron chi connectivity index (χ3n) is 1.56. The van der Waals surface area contributed by atoms with Gasteiger partial charge in [-0.15, -0.1) is 0 Å². The SMILES string of the molecule is CNC(=O)C1C=CC=CC1. The maximum Gasteiger partial charge on any atom is 0.226 e.